The fourth-order valence-corrected chi connectivity index (χ4v) is 4.18. The van der Waals surface area contributed by atoms with Crippen LogP contribution in [-0.4, -0.2) is 56.7 Å². The van der Waals surface area contributed by atoms with Gasteiger partial charge in [0.25, 0.3) is 0 Å². The van der Waals surface area contributed by atoms with Crippen molar-refractivity contribution in [2.75, 3.05) is 20.1 Å². The van der Waals surface area contributed by atoms with E-state index in [9.17, 15) is 4.39 Å². The fraction of sp³-hybridized carbons (Fsp3) is 0.643. The van der Waals surface area contributed by atoms with Crippen LogP contribution >= 0.6 is 34.5 Å². The van der Waals surface area contributed by atoms with Crippen molar-refractivity contribution in [1.29, 1.82) is 0 Å². The summed E-state index contributed by atoms with van der Waals surface area (Å²) in [5, 5.41) is 7.14. The molecule has 0 spiro atoms. The Bertz CT molecular complexity index is 649. The van der Waals surface area contributed by atoms with Crippen molar-refractivity contribution < 1.29 is 4.39 Å². The van der Waals surface area contributed by atoms with Gasteiger partial charge in [0.05, 0.1) is 10.7 Å². The second-order valence-electron chi connectivity index (χ2n) is 5.96. The van der Waals surface area contributed by atoms with Crippen molar-refractivity contribution in [3.05, 3.63) is 26.1 Å². The number of aryl methyl sites for hydroxylation is 1. The molecule has 1 aliphatic heterocycles. The number of likely N-dealkylation sites (N-methyl/N-ethyl adjacent to an activating group) is 1. The van der Waals surface area contributed by atoms with Crippen LogP contribution in [0.25, 0.3) is 0 Å². The summed E-state index contributed by atoms with van der Waals surface area (Å²) in [4.78, 5) is 8.81. The summed E-state index contributed by atoms with van der Waals surface area (Å²) in [6.45, 7) is 4.59. The minimum absolute atomic E-state index is 0.183. The molecule has 0 bridgehead atoms. The van der Waals surface area contributed by atoms with E-state index in [1.807, 2.05) is 14.0 Å². The van der Waals surface area contributed by atoms with Crippen molar-refractivity contribution in [1.82, 2.24) is 24.4 Å². The quantitative estimate of drug-likeness (QED) is 0.776. The van der Waals surface area contributed by atoms with Gasteiger partial charge < -0.3 is 0 Å². The number of likely N-dealkylation sites (tertiary alicyclic amines) is 1. The molecule has 126 valence electrons. The van der Waals surface area contributed by atoms with Crippen LogP contribution in [0.4, 0.5) is 4.39 Å². The van der Waals surface area contributed by atoms with Gasteiger partial charge in [-0.1, -0.05) is 16.1 Å². The first kappa shape index (κ1) is 17.2. The van der Waals surface area contributed by atoms with Crippen molar-refractivity contribution in [3.63, 3.8) is 0 Å². The monoisotopic (exact) mass is 375 g/mol. The fourth-order valence-electron chi connectivity index (χ4n) is 2.97. The molecule has 1 fully saturated rings. The minimum Gasteiger partial charge on any atom is -0.299 e. The molecule has 2 aromatic rings. The molecule has 0 aliphatic carbocycles. The zero-order valence-electron chi connectivity index (χ0n) is 13.1. The first-order chi connectivity index (χ1) is 11.0. The lowest BCUT2D eigenvalue weighted by molar-refractivity contribution is 0.178. The number of aromatic nitrogens is 3. The average molecular weight is 376 g/mol. The highest BCUT2D eigenvalue weighted by molar-refractivity contribution is 7.10. The molecule has 2 atom stereocenters. The number of hydrogen-bond acceptors (Lipinski definition) is 7. The molecule has 0 amide bonds. The molecule has 1 saturated heterocycles. The van der Waals surface area contributed by atoms with Gasteiger partial charge in [-0.15, -0.1) is 16.4 Å². The molecule has 0 saturated carbocycles. The predicted octanol–water partition coefficient (Wildman–Crippen LogP) is 3.00. The van der Waals surface area contributed by atoms with E-state index in [0.717, 1.165) is 22.9 Å². The van der Waals surface area contributed by atoms with Gasteiger partial charge in [0.2, 0.25) is 0 Å². The van der Waals surface area contributed by atoms with E-state index in [2.05, 4.69) is 29.8 Å². The highest BCUT2D eigenvalue weighted by Gasteiger charge is 2.33. The van der Waals surface area contributed by atoms with Gasteiger partial charge in [-0.05, 0) is 20.4 Å². The van der Waals surface area contributed by atoms with Crippen molar-refractivity contribution in [2.24, 2.45) is 0 Å². The van der Waals surface area contributed by atoms with Crippen LogP contribution < -0.4 is 0 Å². The summed E-state index contributed by atoms with van der Waals surface area (Å²) in [6, 6.07) is 0.183. The number of hydrogen-bond donors (Lipinski definition) is 0. The third-order valence-corrected chi connectivity index (χ3v) is 5.77. The minimum atomic E-state index is -0.766. The lowest BCUT2D eigenvalue weighted by Gasteiger charge is -2.27. The molecule has 0 N–H and O–H groups in total. The lowest BCUT2D eigenvalue weighted by Crippen LogP contribution is -2.38. The van der Waals surface area contributed by atoms with E-state index in [1.54, 1.807) is 11.3 Å². The Balaban J connectivity index is 1.59. The highest BCUT2D eigenvalue weighted by atomic mass is 35.5. The molecule has 3 heterocycles. The van der Waals surface area contributed by atoms with E-state index in [1.165, 1.54) is 11.5 Å². The standard InChI is InChI=1S/C14H19ClFN5S2/c1-9-17-11(8-22-9)5-21-4-10(16)3-12(21)6-20(2)7-13-14(15)23-19-18-13/h8,10,12H,3-7H2,1-2H3/t10-,12-/m0/s1. The van der Waals surface area contributed by atoms with E-state index in [4.69, 9.17) is 11.6 Å². The van der Waals surface area contributed by atoms with Gasteiger partial charge >= 0.3 is 0 Å². The van der Waals surface area contributed by atoms with Gasteiger partial charge in [-0.25, -0.2) is 9.37 Å². The van der Waals surface area contributed by atoms with Crippen molar-refractivity contribution in [2.45, 2.75) is 38.6 Å². The molecular weight excluding hydrogens is 357 g/mol. The molecular formula is C14H19ClFN5S2. The third kappa shape index (κ3) is 4.45. The third-order valence-electron chi connectivity index (χ3n) is 3.96. The van der Waals surface area contributed by atoms with E-state index >= 15 is 0 Å². The van der Waals surface area contributed by atoms with Crippen molar-refractivity contribution >= 4 is 34.5 Å². The predicted molar refractivity (Wildman–Crippen MR) is 91.8 cm³/mol. The summed E-state index contributed by atoms with van der Waals surface area (Å²) < 4.78 is 18.4. The van der Waals surface area contributed by atoms with Gasteiger partial charge in [-0.3, -0.25) is 9.80 Å². The van der Waals surface area contributed by atoms with Crippen LogP contribution in [0.2, 0.25) is 4.34 Å². The van der Waals surface area contributed by atoms with E-state index in [-0.39, 0.29) is 6.04 Å². The first-order valence-corrected chi connectivity index (χ1v) is 9.48. The molecule has 0 aromatic carbocycles. The Morgan fingerprint density at radius 1 is 1.52 bits per heavy atom. The van der Waals surface area contributed by atoms with Crippen LogP contribution in [-0.2, 0) is 13.1 Å². The molecule has 0 radical (unpaired) electrons. The molecule has 2 aromatic heterocycles. The van der Waals surface area contributed by atoms with Gasteiger partial charge in [0.1, 0.15) is 16.2 Å². The summed E-state index contributed by atoms with van der Waals surface area (Å²) in [5.74, 6) is 0. The summed E-state index contributed by atoms with van der Waals surface area (Å²) >= 11 is 8.88. The lowest BCUT2D eigenvalue weighted by atomic mass is 10.2. The molecule has 23 heavy (non-hydrogen) atoms. The van der Waals surface area contributed by atoms with E-state index < -0.39 is 6.17 Å². The number of halogens is 2. The van der Waals surface area contributed by atoms with E-state index in [0.29, 0.717) is 30.4 Å². The zero-order valence-corrected chi connectivity index (χ0v) is 15.5. The summed E-state index contributed by atoms with van der Waals surface area (Å²) in [5.41, 5.74) is 1.82. The van der Waals surface area contributed by atoms with Crippen LogP contribution in [0.15, 0.2) is 5.38 Å². The Morgan fingerprint density at radius 2 is 2.35 bits per heavy atom. The zero-order chi connectivity index (χ0) is 16.4. The normalized spacial score (nSPS) is 22.3. The Hall–Kier alpha value is -0.670. The van der Waals surface area contributed by atoms with Crippen LogP contribution in [0, 0.1) is 6.92 Å². The molecule has 3 rings (SSSR count). The smallest absolute Gasteiger partial charge is 0.138 e. The molecule has 5 nitrogen and oxygen atoms in total. The number of thiazole rings is 1. The highest BCUT2D eigenvalue weighted by Crippen LogP contribution is 2.25. The van der Waals surface area contributed by atoms with Crippen LogP contribution in [0.5, 0.6) is 0 Å². The maximum atomic E-state index is 13.9. The van der Waals surface area contributed by atoms with Crippen molar-refractivity contribution in [3.8, 4) is 0 Å². The SMILES string of the molecule is Cc1nc(CN2C[C@@H](F)C[C@H]2CN(C)Cc2nnsc2Cl)cs1. The number of alkyl halides is 1. The topological polar surface area (TPSA) is 45.2 Å². The van der Waals surface area contributed by atoms with Crippen LogP contribution in [0.1, 0.15) is 22.8 Å². The molecule has 1 aliphatic rings. The number of nitrogens with zero attached hydrogens (tertiary/aromatic N) is 5. The van der Waals surface area contributed by atoms with Gasteiger partial charge in [-0.2, -0.15) is 0 Å². The first-order valence-electron chi connectivity index (χ1n) is 7.45. The second-order valence-corrected chi connectivity index (χ2v) is 8.38. The molecule has 0 unspecified atom stereocenters. The van der Waals surface area contributed by atoms with Gasteiger partial charge in [0, 0.05) is 49.1 Å². The Morgan fingerprint density at radius 3 is 3.00 bits per heavy atom. The second kappa shape index (κ2) is 7.48. The Kier molecular flexibility index (Phi) is 5.58. The maximum absolute atomic E-state index is 13.9. The van der Waals surface area contributed by atoms with Gasteiger partial charge in [0.15, 0.2) is 0 Å². The average Bonchev–Trinajstić information content (AvgIpc) is 3.15. The number of rotatable bonds is 6. The largest absolute Gasteiger partial charge is 0.299 e. The summed E-state index contributed by atoms with van der Waals surface area (Å²) in [7, 11) is 2.01. The van der Waals surface area contributed by atoms with Crippen LogP contribution in [0.3, 0.4) is 0 Å². The Labute approximate surface area is 148 Å². The molecule has 9 heteroatoms. The summed E-state index contributed by atoms with van der Waals surface area (Å²) in [6.07, 6.45) is -0.200. The maximum Gasteiger partial charge on any atom is 0.138 e.